The van der Waals surface area contributed by atoms with Gasteiger partial charge in [-0.3, -0.25) is 4.57 Å². The molecule has 0 atom stereocenters. The fourth-order valence-corrected chi connectivity index (χ4v) is 1.49. The fourth-order valence-electron chi connectivity index (χ4n) is 1.49. The van der Waals surface area contributed by atoms with E-state index in [4.69, 9.17) is 4.42 Å². The summed E-state index contributed by atoms with van der Waals surface area (Å²) in [7, 11) is 0. The summed E-state index contributed by atoms with van der Waals surface area (Å²) in [5.74, 6) is -0.790. The molecule has 88 valence electrons. The number of hydrogen-bond donors (Lipinski definition) is 0. The first-order valence-electron chi connectivity index (χ1n) is 5.43. The molecule has 0 aliphatic carbocycles. The van der Waals surface area contributed by atoms with Gasteiger partial charge in [0.15, 0.2) is 5.58 Å². The van der Waals surface area contributed by atoms with Crippen molar-refractivity contribution in [3.63, 3.8) is 0 Å². The summed E-state index contributed by atoms with van der Waals surface area (Å²) >= 11 is 0. The van der Waals surface area contributed by atoms with Gasteiger partial charge in [0, 0.05) is 12.6 Å². The Balaban J connectivity index is 0.000000606. The van der Waals surface area contributed by atoms with Crippen LogP contribution in [-0.2, 0) is 6.54 Å². The number of rotatable bonds is 1. The van der Waals surface area contributed by atoms with E-state index in [0.717, 1.165) is 0 Å². The minimum atomic E-state index is -0.437. The van der Waals surface area contributed by atoms with Gasteiger partial charge in [-0.05, 0) is 25.5 Å². The maximum absolute atomic E-state index is 13.1. The summed E-state index contributed by atoms with van der Waals surface area (Å²) in [4.78, 5) is 11.3. The van der Waals surface area contributed by atoms with E-state index in [1.807, 2.05) is 20.8 Å². The summed E-state index contributed by atoms with van der Waals surface area (Å²) in [6.45, 7) is 8.03. The van der Waals surface area contributed by atoms with Gasteiger partial charge in [0.25, 0.3) is 0 Å². The number of oxazole rings is 1. The van der Waals surface area contributed by atoms with Crippen molar-refractivity contribution < 1.29 is 8.81 Å². The molecule has 1 heterocycles. The minimum absolute atomic E-state index is 0.306. The average Bonchev–Trinajstić information content (AvgIpc) is 2.57. The lowest BCUT2D eigenvalue weighted by Gasteiger charge is -1.98. The molecular formula is C12H16FNO2. The van der Waals surface area contributed by atoms with E-state index in [2.05, 4.69) is 0 Å². The topological polar surface area (TPSA) is 35.1 Å². The Hall–Kier alpha value is -1.58. The van der Waals surface area contributed by atoms with Crippen molar-refractivity contribution in [2.45, 2.75) is 34.2 Å². The van der Waals surface area contributed by atoms with E-state index in [1.165, 1.54) is 10.6 Å². The molecule has 0 N–H and O–H groups in total. The monoisotopic (exact) mass is 225 g/mol. The standard InChI is InChI=1S/C10H10FNO2.C2H6/c1-3-12-8-4-6(2)7(11)5-9(8)14-10(12)13;1-2/h4-5H,3H2,1-2H3;1-2H3. The molecule has 0 amide bonds. The van der Waals surface area contributed by atoms with Gasteiger partial charge in [-0.15, -0.1) is 0 Å². The third kappa shape index (κ3) is 2.01. The second-order valence-electron chi connectivity index (χ2n) is 3.18. The van der Waals surface area contributed by atoms with Crippen molar-refractivity contribution in [2.24, 2.45) is 0 Å². The molecule has 0 radical (unpaired) electrons. The number of halogens is 1. The maximum Gasteiger partial charge on any atom is 0.419 e. The van der Waals surface area contributed by atoms with Crippen molar-refractivity contribution in [1.29, 1.82) is 0 Å². The summed E-state index contributed by atoms with van der Waals surface area (Å²) < 4.78 is 19.5. The first kappa shape index (κ1) is 12.5. The SMILES string of the molecule is CC.CCn1c(=O)oc2cc(F)c(C)cc21. The maximum atomic E-state index is 13.1. The summed E-state index contributed by atoms with van der Waals surface area (Å²) in [6.07, 6.45) is 0. The normalized spacial score (nSPS) is 10.1. The van der Waals surface area contributed by atoms with E-state index in [-0.39, 0.29) is 5.82 Å². The highest BCUT2D eigenvalue weighted by atomic mass is 19.1. The van der Waals surface area contributed by atoms with Crippen LogP contribution in [0.1, 0.15) is 26.3 Å². The predicted molar refractivity (Wildman–Crippen MR) is 62.2 cm³/mol. The third-order valence-electron chi connectivity index (χ3n) is 2.26. The van der Waals surface area contributed by atoms with Crippen LogP contribution in [0.25, 0.3) is 11.1 Å². The van der Waals surface area contributed by atoms with E-state index in [9.17, 15) is 9.18 Å². The van der Waals surface area contributed by atoms with Crippen molar-refractivity contribution in [1.82, 2.24) is 4.57 Å². The Bertz CT molecular complexity index is 540. The average molecular weight is 225 g/mol. The fraction of sp³-hybridized carbons (Fsp3) is 0.417. The molecule has 0 saturated carbocycles. The quantitative estimate of drug-likeness (QED) is 0.747. The summed E-state index contributed by atoms with van der Waals surface area (Å²) in [6, 6.07) is 2.87. The molecule has 0 aliphatic heterocycles. The largest absolute Gasteiger partial charge is 0.419 e. The van der Waals surface area contributed by atoms with Gasteiger partial charge in [0.2, 0.25) is 0 Å². The Morgan fingerprint density at radius 3 is 2.56 bits per heavy atom. The number of nitrogens with zero attached hydrogens (tertiary/aromatic N) is 1. The Labute approximate surface area is 93.5 Å². The third-order valence-corrected chi connectivity index (χ3v) is 2.26. The zero-order valence-electron chi connectivity index (χ0n) is 10.0. The molecule has 2 aromatic rings. The molecule has 4 heteroatoms. The van der Waals surface area contributed by atoms with Crippen LogP contribution in [-0.4, -0.2) is 4.57 Å². The van der Waals surface area contributed by atoms with Crippen molar-refractivity contribution in [3.8, 4) is 0 Å². The second kappa shape index (κ2) is 4.96. The first-order valence-corrected chi connectivity index (χ1v) is 5.43. The lowest BCUT2D eigenvalue weighted by atomic mass is 10.2. The molecule has 0 saturated heterocycles. The Morgan fingerprint density at radius 1 is 1.38 bits per heavy atom. The van der Waals surface area contributed by atoms with Gasteiger partial charge in [-0.2, -0.15) is 0 Å². The van der Waals surface area contributed by atoms with Crippen LogP contribution >= 0.6 is 0 Å². The van der Waals surface area contributed by atoms with E-state index >= 15 is 0 Å². The Kier molecular flexibility index (Phi) is 3.88. The van der Waals surface area contributed by atoms with Crippen molar-refractivity contribution in [3.05, 3.63) is 34.1 Å². The molecular weight excluding hydrogens is 209 g/mol. The van der Waals surface area contributed by atoms with Crippen LogP contribution < -0.4 is 5.76 Å². The predicted octanol–water partition coefficient (Wildman–Crippen LogP) is 3.09. The highest BCUT2D eigenvalue weighted by molar-refractivity contribution is 5.73. The smallest absolute Gasteiger partial charge is 0.408 e. The van der Waals surface area contributed by atoms with Gasteiger partial charge >= 0.3 is 5.76 Å². The van der Waals surface area contributed by atoms with Crippen LogP contribution in [0.15, 0.2) is 21.3 Å². The summed E-state index contributed by atoms with van der Waals surface area (Å²) in [5, 5.41) is 0. The molecule has 0 unspecified atom stereocenters. The lowest BCUT2D eigenvalue weighted by molar-refractivity contribution is 0.511. The number of aryl methyl sites for hydroxylation is 2. The molecule has 0 bridgehead atoms. The van der Waals surface area contributed by atoms with Gasteiger partial charge in [-0.1, -0.05) is 13.8 Å². The minimum Gasteiger partial charge on any atom is -0.408 e. The zero-order valence-corrected chi connectivity index (χ0v) is 10.0. The van der Waals surface area contributed by atoms with E-state index < -0.39 is 5.76 Å². The highest BCUT2D eigenvalue weighted by Crippen LogP contribution is 2.17. The summed E-state index contributed by atoms with van der Waals surface area (Å²) in [5.41, 5.74) is 1.47. The molecule has 0 aliphatic rings. The molecule has 1 aromatic heterocycles. The number of benzene rings is 1. The van der Waals surface area contributed by atoms with Crippen molar-refractivity contribution >= 4 is 11.1 Å². The van der Waals surface area contributed by atoms with Crippen LogP contribution in [0.3, 0.4) is 0 Å². The van der Waals surface area contributed by atoms with E-state index in [1.54, 1.807) is 13.0 Å². The molecule has 1 aromatic carbocycles. The second-order valence-corrected chi connectivity index (χ2v) is 3.18. The highest BCUT2D eigenvalue weighted by Gasteiger charge is 2.10. The lowest BCUT2D eigenvalue weighted by Crippen LogP contribution is -2.12. The van der Waals surface area contributed by atoms with Crippen LogP contribution in [0.2, 0.25) is 0 Å². The number of hydrogen-bond acceptors (Lipinski definition) is 2. The molecule has 2 rings (SSSR count). The van der Waals surface area contributed by atoms with Gasteiger partial charge < -0.3 is 4.42 Å². The Morgan fingerprint density at radius 2 is 2.00 bits per heavy atom. The molecule has 0 spiro atoms. The van der Waals surface area contributed by atoms with E-state index in [0.29, 0.717) is 23.2 Å². The molecule has 3 nitrogen and oxygen atoms in total. The number of aromatic nitrogens is 1. The molecule has 0 fully saturated rings. The van der Waals surface area contributed by atoms with Gasteiger partial charge in [0.1, 0.15) is 5.82 Å². The zero-order chi connectivity index (χ0) is 12.3. The molecule has 16 heavy (non-hydrogen) atoms. The first-order chi connectivity index (χ1) is 7.63. The van der Waals surface area contributed by atoms with Gasteiger partial charge in [-0.25, -0.2) is 9.18 Å². The van der Waals surface area contributed by atoms with Crippen molar-refractivity contribution in [2.75, 3.05) is 0 Å². The van der Waals surface area contributed by atoms with Crippen LogP contribution in [0, 0.1) is 12.7 Å². The van der Waals surface area contributed by atoms with Crippen LogP contribution in [0.4, 0.5) is 4.39 Å². The number of fused-ring (bicyclic) bond motifs is 1. The van der Waals surface area contributed by atoms with Crippen LogP contribution in [0.5, 0.6) is 0 Å². The van der Waals surface area contributed by atoms with Gasteiger partial charge in [0.05, 0.1) is 5.52 Å².